The van der Waals surface area contributed by atoms with Crippen molar-refractivity contribution in [3.05, 3.63) is 39.9 Å². The Labute approximate surface area is 173 Å². The number of halogens is 1. The van der Waals surface area contributed by atoms with Crippen molar-refractivity contribution in [1.82, 2.24) is 0 Å². The Morgan fingerprint density at radius 2 is 1.94 bits per heavy atom. The van der Waals surface area contributed by atoms with E-state index in [2.05, 4.69) is 5.32 Å². The van der Waals surface area contributed by atoms with Gasteiger partial charge in [0.25, 0.3) is 5.91 Å². The van der Waals surface area contributed by atoms with E-state index in [4.69, 9.17) is 5.73 Å². The molecular formula is C20H17FN2O8. The molecule has 3 aliphatic rings. The minimum atomic E-state index is -2.69. The number of aromatic hydroxyl groups is 1. The van der Waals surface area contributed by atoms with E-state index in [1.54, 1.807) is 0 Å². The van der Waals surface area contributed by atoms with Crippen molar-refractivity contribution < 1.29 is 44.0 Å². The number of aliphatic hydroxyl groups excluding tert-OH is 2. The Kier molecular flexibility index (Phi) is 4.40. The summed E-state index contributed by atoms with van der Waals surface area (Å²) >= 11 is 0. The largest absolute Gasteiger partial charge is 0.508 e. The van der Waals surface area contributed by atoms with Gasteiger partial charge in [0.05, 0.1) is 11.3 Å². The molecule has 0 radical (unpaired) electrons. The maximum Gasteiger partial charge on any atom is 0.255 e. The number of hydrogen-bond donors (Lipinski definition) is 6. The van der Waals surface area contributed by atoms with Gasteiger partial charge in [-0.05, 0) is 18.8 Å². The van der Waals surface area contributed by atoms with Crippen molar-refractivity contribution in [3.63, 3.8) is 0 Å². The molecule has 7 N–H and O–H groups in total. The van der Waals surface area contributed by atoms with Gasteiger partial charge in [0.15, 0.2) is 17.1 Å². The molecule has 3 aliphatic carbocycles. The molecule has 10 nitrogen and oxygen atoms in total. The van der Waals surface area contributed by atoms with Crippen molar-refractivity contribution >= 4 is 35.3 Å². The van der Waals surface area contributed by atoms with Crippen LogP contribution < -0.4 is 11.1 Å². The van der Waals surface area contributed by atoms with E-state index in [0.717, 1.165) is 6.07 Å². The predicted octanol–water partition coefficient (Wildman–Crippen LogP) is 0.131. The lowest BCUT2D eigenvalue weighted by molar-refractivity contribution is -0.147. The van der Waals surface area contributed by atoms with Crippen molar-refractivity contribution in [3.8, 4) is 5.75 Å². The summed E-state index contributed by atoms with van der Waals surface area (Å²) in [5.74, 6) is -8.88. The quantitative estimate of drug-likeness (QED) is 0.221. The second-order valence-electron chi connectivity index (χ2n) is 7.78. The Morgan fingerprint density at radius 1 is 1.26 bits per heavy atom. The van der Waals surface area contributed by atoms with Gasteiger partial charge in [0.2, 0.25) is 12.2 Å². The average molecular weight is 432 g/mol. The number of nitrogens with one attached hydrogen (secondary N) is 1. The molecule has 0 spiro atoms. The summed E-state index contributed by atoms with van der Waals surface area (Å²) < 4.78 is 14.6. The number of nitrogens with two attached hydrogens (primary N) is 1. The van der Waals surface area contributed by atoms with Gasteiger partial charge in [-0.15, -0.1) is 0 Å². The molecule has 2 amide bonds. The molecule has 1 fully saturated rings. The second kappa shape index (κ2) is 6.64. The fraction of sp³-hybridized carbons (Fsp3) is 0.300. The molecule has 1 aromatic rings. The second-order valence-corrected chi connectivity index (χ2v) is 7.78. The molecular weight excluding hydrogens is 415 g/mol. The highest BCUT2D eigenvalue weighted by Gasteiger charge is 2.60. The molecule has 1 aromatic carbocycles. The first-order valence-corrected chi connectivity index (χ1v) is 9.25. The molecule has 4 rings (SSSR count). The number of benzene rings is 1. The molecule has 0 aliphatic heterocycles. The van der Waals surface area contributed by atoms with Crippen LogP contribution in [-0.4, -0.2) is 49.9 Å². The van der Waals surface area contributed by atoms with Crippen molar-refractivity contribution in [2.45, 2.75) is 24.9 Å². The number of hydrogen-bond acceptors (Lipinski definition) is 8. The van der Waals surface area contributed by atoms with Crippen molar-refractivity contribution in [2.24, 2.45) is 17.6 Å². The van der Waals surface area contributed by atoms with E-state index in [9.17, 15) is 44.0 Å². The van der Waals surface area contributed by atoms with Crippen LogP contribution in [0.4, 0.5) is 10.1 Å². The Hall–Kier alpha value is -3.73. The number of fused-ring (bicyclic) bond motifs is 3. The number of primary amides is 1. The van der Waals surface area contributed by atoms with Crippen molar-refractivity contribution in [2.75, 3.05) is 5.32 Å². The summed E-state index contributed by atoms with van der Waals surface area (Å²) in [6.07, 6.45) is -0.534. The van der Waals surface area contributed by atoms with Crippen LogP contribution in [0.25, 0.3) is 5.76 Å². The number of amides is 2. The number of carbonyl (C=O) groups is 4. The van der Waals surface area contributed by atoms with E-state index >= 15 is 0 Å². The average Bonchev–Trinajstić information content (AvgIpc) is 2.68. The molecule has 162 valence electrons. The zero-order valence-corrected chi connectivity index (χ0v) is 15.8. The number of ketones is 2. The zero-order valence-electron chi connectivity index (χ0n) is 15.8. The SMILES string of the molecule is NC(=O)C1=C(O)[C@@]2(O)C(=O)C3=C(O)c4c(O)c(NC=O)cc(F)c4CC3C[C@H]2CC1=O. The molecule has 0 heterocycles. The lowest BCUT2D eigenvalue weighted by Crippen LogP contribution is -2.58. The predicted molar refractivity (Wildman–Crippen MR) is 101 cm³/mol. The number of phenolic OH excluding ortho intramolecular Hbond substituents is 1. The van der Waals surface area contributed by atoms with Crippen molar-refractivity contribution in [1.29, 1.82) is 0 Å². The molecule has 0 bridgehead atoms. The maximum atomic E-state index is 14.6. The van der Waals surface area contributed by atoms with Gasteiger partial charge in [-0.25, -0.2) is 4.39 Å². The number of Topliss-reactive ketones (excluding diaryl/α,β-unsaturated/α-hetero) is 2. The highest BCUT2D eigenvalue weighted by molar-refractivity contribution is 6.22. The van der Waals surface area contributed by atoms with Crippen LogP contribution in [0.2, 0.25) is 0 Å². The summed E-state index contributed by atoms with van der Waals surface area (Å²) in [6.45, 7) is 0. The van der Waals surface area contributed by atoms with Gasteiger partial charge >= 0.3 is 0 Å². The van der Waals surface area contributed by atoms with Gasteiger partial charge in [-0.1, -0.05) is 0 Å². The zero-order chi connectivity index (χ0) is 22.8. The molecule has 11 heteroatoms. The molecule has 31 heavy (non-hydrogen) atoms. The van der Waals surface area contributed by atoms with Crippen LogP contribution in [0.3, 0.4) is 0 Å². The lowest BCUT2D eigenvalue weighted by atomic mass is 9.59. The summed E-state index contributed by atoms with van der Waals surface area (Å²) in [5.41, 5.74) is 0.230. The van der Waals surface area contributed by atoms with Crippen LogP contribution in [0.1, 0.15) is 24.0 Å². The molecule has 1 unspecified atom stereocenters. The minimum Gasteiger partial charge on any atom is -0.508 e. The standard InChI is InChI=1S/C20H17FN2O8/c21-9-4-10(23-5-24)15(26)13-8(9)2-6-1-7-3-11(25)14(19(22)30)18(29)20(7,31)17(28)12(6)16(13)27/h4-7,26-27,29,31H,1-3H2,(H2,22,30)(H,23,24)/t6?,7-,20-/m0/s1. The highest BCUT2D eigenvalue weighted by atomic mass is 19.1. The third kappa shape index (κ3) is 2.59. The van der Waals surface area contributed by atoms with Crippen LogP contribution in [0.15, 0.2) is 23.0 Å². The minimum absolute atomic E-state index is 0.0997. The summed E-state index contributed by atoms with van der Waals surface area (Å²) in [5, 5.41) is 44.8. The number of carbonyl (C=O) groups excluding carboxylic acids is 4. The fourth-order valence-electron chi connectivity index (χ4n) is 4.82. The third-order valence-corrected chi connectivity index (χ3v) is 6.22. The van der Waals surface area contributed by atoms with E-state index in [0.29, 0.717) is 0 Å². The highest BCUT2D eigenvalue weighted by Crippen LogP contribution is 2.52. The molecule has 0 aromatic heterocycles. The normalized spacial score (nSPS) is 27.4. The van der Waals surface area contributed by atoms with Gasteiger partial charge < -0.3 is 31.5 Å². The Morgan fingerprint density at radius 3 is 2.55 bits per heavy atom. The first kappa shape index (κ1) is 20.5. The first-order chi connectivity index (χ1) is 14.5. The van der Waals surface area contributed by atoms with Crippen LogP contribution in [0.5, 0.6) is 5.75 Å². The first-order valence-electron chi connectivity index (χ1n) is 9.25. The van der Waals surface area contributed by atoms with E-state index in [-0.39, 0.29) is 30.5 Å². The Balaban J connectivity index is 1.94. The van der Waals surface area contributed by atoms with Gasteiger partial charge in [0.1, 0.15) is 22.9 Å². The van der Waals surface area contributed by atoms with Crippen LogP contribution in [-0.2, 0) is 25.6 Å². The monoisotopic (exact) mass is 432 g/mol. The third-order valence-electron chi connectivity index (χ3n) is 6.22. The smallest absolute Gasteiger partial charge is 0.255 e. The van der Waals surface area contributed by atoms with Crippen LogP contribution >= 0.6 is 0 Å². The number of anilines is 1. The lowest BCUT2D eigenvalue weighted by Gasteiger charge is -2.46. The fourth-order valence-corrected chi connectivity index (χ4v) is 4.82. The van der Waals surface area contributed by atoms with Crippen LogP contribution in [0, 0.1) is 17.7 Å². The summed E-state index contributed by atoms with van der Waals surface area (Å²) in [4.78, 5) is 47.8. The number of phenols is 1. The molecule has 1 saturated carbocycles. The summed E-state index contributed by atoms with van der Waals surface area (Å²) in [7, 11) is 0. The summed E-state index contributed by atoms with van der Waals surface area (Å²) in [6, 6.07) is 0.861. The Bertz CT molecular complexity index is 1150. The molecule has 0 saturated heterocycles. The number of rotatable bonds is 3. The van der Waals surface area contributed by atoms with E-state index < -0.39 is 81.1 Å². The number of aliphatic hydroxyl groups is 3. The van der Waals surface area contributed by atoms with Gasteiger partial charge in [0, 0.05) is 29.5 Å². The van der Waals surface area contributed by atoms with E-state index in [1.165, 1.54) is 0 Å². The van der Waals surface area contributed by atoms with Gasteiger partial charge in [-0.2, -0.15) is 0 Å². The maximum absolute atomic E-state index is 14.6. The van der Waals surface area contributed by atoms with E-state index in [1.807, 2.05) is 0 Å². The molecule has 3 atom stereocenters. The van der Waals surface area contributed by atoms with Gasteiger partial charge in [-0.3, -0.25) is 19.2 Å². The topological polar surface area (TPSA) is 187 Å².